The fourth-order valence-corrected chi connectivity index (χ4v) is 4.03. The molecule has 0 spiro atoms. The molecule has 1 aromatic rings. The van der Waals surface area contributed by atoms with Gasteiger partial charge in [0.15, 0.2) is 0 Å². The molecule has 2 nitrogen and oxygen atoms in total. The topological polar surface area (TPSA) is 12.5 Å². The molecule has 0 saturated carbocycles. The number of hydrogen-bond acceptors (Lipinski definition) is 2. The van der Waals surface area contributed by atoms with Gasteiger partial charge in [-0.05, 0) is 44.1 Å². The van der Waals surface area contributed by atoms with Crippen molar-refractivity contribution in [2.45, 2.75) is 63.6 Å². The van der Waals surface area contributed by atoms with Crippen molar-refractivity contribution in [2.75, 3.05) is 13.7 Å². The number of rotatable bonds is 7. The fourth-order valence-electron chi connectivity index (χ4n) is 4.03. The summed E-state index contributed by atoms with van der Waals surface area (Å²) in [6.45, 7) is 2.02. The molecule has 2 atom stereocenters. The maximum atomic E-state index is 5.16. The molecule has 1 fully saturated rings. The van der Waals surface area contributed by atoms with Crippen LogP contribution in [0.1, 0.15) is 50.5 Å². The van der Waals surface area contributed by atoms with E-state index in [4.69, 9.17) is 4.74 Å². The molecule has 0 N–H and O–H groups in total. The fraction of sp³-hybridized carbons (Fsp3) is 0.600. The van der Waals surface area contributed by atoms with Gasteiger partial charge in [-0.15, -0.1) is 0 Å². The van der Waals surface area contributed by atoms with Gasteiger partial charge < -0.3 is 4.74 Å². The van der Waals surface area contributed by atoms with Crippen molar-refractivity contribution in [3.63, 3.8) is 0 Å². The normalized spacial score (nSPS) is 25.0. The van der Waals surface area contributed by atoms with Crippen molar-refractivity contribution in [3.8, 4) is 0 Å². The van der Waals surface area contributed by atoms with E-state index >= 15 is 0 Å². The van der Waals surface area contributed by atoms with Gasteiger partial charge in [0.05, 0.1) is 0 Å². The molecular formula is C20H29NO. The minimum atomic E-state index is 0.671. The summed E-state index contributed by atoms with van der Waals surface area (Å²) in [7, 11) is 1.80. The zero-order chi connectivity index (χ0) is 15.2. The molecule has 3 rings (SSSR count). The number of piperidine rings is 1. The van der Waals surface area contributed by atoms with Crippen molar-refractivity contribution in [3.05, 3.63) is 47.5 Å². The number of nitrogens with zero attached hydrogens (tertiary/aromatic N) is 1. The van der Waals surface area contributed by atoms with Crippen molar-refractivity contribution in [1.29, 1.82) is 0 Å². The third-order valence-corrected chi connectivity index (χ3v) is 5.16. The zero-order valence-corrected chi connectivity index (χ0v) is 13.8. The first kappa shape index (κ1) is 15.8. The van der Waals surface area contributed by atoms with Crippen molar-refractivity contribution < 1.29 is 4.74 Å². The second-order valence-corrected chi connectivity index (χ2v) is 6.79. The Bertz CT molecular complexity index is 482. The average Bonchev–Trinajstić information content (AvgIpc) is 2.53. The van der Waals surface area contributed by atoms with Crippen LogP contribution in [0.2, 0.25) is 0 Å². The predicted molar refractivity (Wildman–Crippen MR) is 91.8 cm³/mol. The largest absolute Gasteiger partial charge is 0.385 e. The maximum absolute atomic E-state index is 5.16. The van der Waals surface area contributed by atoms with Gasteiger partial charge in [-0.1, -0.05) is 48.4 Å². The highest BCUT2D eigenvalue weighted by Gasteiger charge is 2.33. The molecule has 2 heterocycles. The summed E-state index contributed by atoms with van der Waals surface area (Å²) in [5.41, 5.74) is 3.16. The van der Waals surface area contributed by atoms with E-state index in [0.717, 1.165) is 19.2 Å². The molecule has 0 aliphatic carbocycles. The van der Waals surface area contributed by atoms with Crippen LogP contribution in [0.15, 0.2) is 42.0 Å². The molecule has 0 radical (unpaired) electrons. The van der Waals surface area contributed by atoms with Crippen molar-refractivity contribution in [2.24, 2.45) is 0 Å². The van der Waals surface area contributed by atoms with E-state index in [9.17, 15) is 0 Å². The lowest BCUT2D eigenvalue weighted by atomic mass is 9.83. The maximum Gasteiger partial charge on any atom is 0.0462 e. The van der Waals surface area contributed by atoms with Crippen LogP contribution >= 0.6 is 0 Å². The molecule has 2 unspecified atom stereocenters. The number of hydrogen-bond donors (Lipinski definition) is 0. The van der Waals surface area contributed by atoms with Crippen LogP contribution in [0.5, 0.6) is 0 Å². The van der Waals surface area contributed by atoms with Crippen LogP contribution in [0.3, 0.4) is 0 Å². The molecule has 2 aliphatic rings. The Labute approximate surface area is 135 Å². The first-order chi connectivity index (χ1) is 10.9. The van der Waals surface area contributed by atoms with Crippen LogP contribution < -0.4 is 0 Å². The molecule has 2 aliphatic heterocycles. The molecule has 0 aromatic heterocycles. The SMILES string of the molecule is COCCCCC1=CC2CCCC(C1)N2Cc1ccccc1. The quantitative estimate of drug-likeness (QED) is 0.541. The van der Waals surface area contributed by atoms with Crippen LogP contribution in [-0.2, 0) is 11.3 Å². The predicted octanol–water partition coefficient (Wildman–Crippen LogP) is 4.56. The van der Waals surface area contributed by atoms with Gasteiger partial charge in [0.1, 0.15) is 0 Å². The van der Waals surface area contributed by atoms with Gasteiger partial charge in [-0.3, -0.25) is 4.90 Å². The number of unbranched alkanes of at least 4 members (excludes halogenated alkanes) is 1. The Morgan fingerprint density at radius 3 is 2.77 bits per heavy atom. The molecule has 0 amide bonds. The highest BCUT2D eigenvalue weighted by Crippen LogP contribution is 2.35. The summed E-state index contributed by atoms with van der Waals surface area (Å²) < 4.78 is 5.16. The monoisotopic (exact) mass is 299 g/mol. The Hall–Kier alpha value is -1.12. The standard InChI is InChI=1S/C20H29NO/c1-22-13-6-5-10-18-14-19-11-7-12-20(15-18)21(19)16-17-8-3-2-4-9-17/h2-4,8-9,14,19-20H,5-7,10-13,15-16H2,1H3. The number of fused-ring (bicyclic) bond motifs is 2. The summed E-state index contributed by atoms with van der Waals surface area (Å²) in [5, 5.41) is 0. The van der Waals surface area contributed by atoms with Crippen molar-refractivity contribution >= 4 is 0 Å². The van der Waals surface area contributed by atoms with Crippen LogP contribution in [0.4, 0.5) is 0 Å². The Morgan fingerprint density at radius 1 is 1.14 bits per heavy atom. The van der Waals surface area contributed by atoms with E-state index in [1.807, 2.05) is 0 Å². The third-order valence-electron chi connectivity index (χ3n) is 5.16. The summed E-state index contributed by atoms with van der Waals surface area (Å²) >= 11 is 0. The van der Waals surface area contributed by atoms with E-state index in [1.54, 1.807) is 12.7 Å². The first-order valence-electron chi connectivity index (χ1n) is 8.85. The highest BCUT2D eigenvalue weighted by molar-refractivity contribution is 5.20. The Kier molecular flexibility index (Phi) is 5.69. The summed E-state index contributed by atoms with van der Waals surface area (Å²) in [5.74, 6) is 0. The summed E-state index contributed by atoms with van der Waals surface area (Å²) in [4.78, 5) is 2.75. The highest BCUT2D eigenvalue weighted by atomic mass is 16.5. The van der Waals surface area contributed by atoms with E-state index in [0.29, 0.717) is 6.04 Å². The molecule has 22 heavy (non-hydrogen) atoms. The average molecular weight is 299 g/mol. The van der Waals surface area contributed by atoms with E-state index in [2.05, 4.69) is 41.3 Å². The van der Waals surface area contributed by atoms with Crippen LogP contribution in [0.25, 0.3) is 0 Å². The van der Waals surface area contributed by atoms with Gasteiger partial charge >= 0.3 is 0 Å². The Balaban J connectivity index is 1.61. The molecule has 2 heteroatoms. The van der Waals surface area contributed by atoms with Gasteiger partial charge in [0.2, 0.25) is 0 Å². The minimum absolute atomic E-state index is 0.671. The minimum Gasteiger partial charge on any atom is -0.385 e. The summed E-state index contributed by atoms with van der Waals surface area (Å²) in [6, 6.07) is 12.4. The van der Waals surface area contributed by atoms with E-state index in [1.165, 1.54) is 50.5 Å². The van der Waals surface area contributed by atoms with Gasteiger partial charge in [-0.2, -0.15) is 0 Å². The Morgan fingerprint density at radius 2 is 2.00 bits per heavy atom. The number of methoxy groups -OCH3 is 1. The molecule has 120 valence electrons. The first-order valence-corrected chi connectivity index (χ1v) is 8.85. The second-order valence-electron chi connectivity index (χ2n) is 6.79. The third kappa shape index (κ3) is 3.99. The number of ether oxygens (including phenoxy) is 1. The lowest BCUT2D eigenvalue weighted by molar-refractivity contribution is 0.0874. The molecular weight excluding hydrogens is 270 g/mol. The lowest BCUT2D eigenvalue weighted by Gasteiger charge is -2.45. The zero-order valence-electron chi connectivity index (χ0n) is 13.8. The molecule has 2 bridgehead atoms. The number of benzene rings is 1. The van der Waals surface area contributed by atoms with E-state index < -0.39 is 0 Å². The molecule has 1 aromatic carbocycles. The van der Waals surface area contributed by atoms with Gasteiger partial charge in [0, 0.05) is 32.3 Å². The van der Waals surface area contributed by atoms with Crippen LogP contribution in [0, 0.1) is 0 Å². The van der Waals surface area contributed by atoms with Gasteiger partial charge in [-0.25, -0.2) is 0 Å². The lowest BCUT2D eigenvalue weighted by Crippen LogP contribution is -2.47. The molecule has 1 saturated heterocycles. The van der Waals surface area contributed by atoms with Crippen molar-refractivity contribution in [1.82, 2.24) is 4.90 Å². The van der Waals surface area contributed by atoms with Gasteiger partial charge in [0.25, 0.3) is 0 Å². The van der Waals surface area contributed by atoms with Crippen LogP contribution in [-0.4, -0.2) is 30.7 Å². The smallest absolute Gasteiger partial charge is 0.0462 e. The van der Waals surface area contributed by atoms with E-state index in [-0.39, 0.29) is 0 Å². The second kappa shape index (κ2) is 7.94. The summed E-state index contributed by atoms with van der Waals surface area (Å²) in [6.07, 6.45) is 11.7.